The summed E-state index contributed by atoms with van der Waals surface area (Å²) in [5.41, 5.74) is 0.739. The zero-order valence-corrected chi connectivity index (χ0v) is 22.0. The van der Waals surface area contributed by atoms with Gasteiger partial charge in [0.25, 0.3) is 0 Å². The van der Waals surface area contributed by atoms with Gasteiger partial charge in [0.2, 0.25) is 0 Å². The molecule has 3 heterocycles. The Morgan fingerprint density at radius 2 is 1.77 bits per heavy atom. The fraction of sp³-hybridized carbons (Fsp3) is 0.350. The highest BCUT2D eigenvalue weighted by Gasteiger charge is 2.46. The van der Waals surface area contributed by atoms with Crippen LogP contribution in [0.4, 0.5) is 16.3 Å². The van der Waals surface area contributed by atoms with Crippen LogP contribution in [0.2, 0.25) is 0 Å². The van der Waals surface area contributed by atoms with Gasteiger partial charge in [0.1, 0.15) is 24.6 Å². The van der Waals surface area contributed by atoms with Crippen LogP contribution in [0.5, 0.6) is 0 Å². The number of para-hydroxylation sites is 1. The molecule has 216 valence electrons. The van der Waals surface area contributed by atoms with Crippen LogP contribution in [0.25, 0.3) is 11.2 Å². The lowest BCUT2D eigenvalue weighted by molar-refractivity contribution is -0.136. The molecule has 0 saturated carbocycles. The molecule has 40 heavy (non-hydrogen) atoms. The number of hydrogen-bond acceptors (Lipinski definition) is 12. The molecule has 6 atom stereocenters. The maximum Gasteiger partial charge on any atom is 0.479 e. The summed E-state index contributed by atoms with van der Waals surface area (Å²) < 4.78 is 39.6. The van der Waals surface area contributed by atoms with Gasteiger partial charge in [-0.15, -0.1) is 0 Å². The fourth-order valence-electron chi connectivity index (χ4n) is 3.65. The molecule has 4 rings (SSSR count). The number of fused-ring (bicyclic) bond motifs is 1. The number of phosphoric ester groups is 1. The number of benzene rings is 1. The van der Waals surface area contributed by atoms with E-state index in [4.69, 9.17) is 9.84 Å². The third-order valence-corrected chi connectivity index (χ3v) is 8.58. The van der Waals surface area contributed by atoms with Crippen molar-refractivity contribution in [1.82, 2.24) is 19.5 Å². The first-order valence-electron chi connectivity index (χ1n) is 11.4. The maximum atomic E-state index is 12.4. The molecule has 2 amide bonds. The number of imidazole rings is 1. The number of ether oxygens (including phenoxy) is 1. The van der Waals surface area contributed by atoms with Crippen molar-refractivity contribution in [2.45, 2.75) is 31.0 Å². The molecule has 3 aromatic rings. The van der Waals surface area contributed by atoms with Gasteiger partial charge < -0.3 is 35.2 Å². The lowest BCUT2D eigenvalue weighted by Gasteiger charge is -2.19. The molecule has 1 aliphatic heterocycles. The summed E-state index contributed by atoms with van der Waals surface area (Å²) in [6.45, 7) is -0.866. The zero-order chi connectivity index (χ0) is 29.1. The summed E-state index contributed by atoms with van der Waals surface area (Å²) in [5, 5.41) is 34.7. The van der Waals surface area contributed by atoms with Crippen LogP contribution >= 0.6 is 15.4 Å². The molecule has 2 aromatic heterocycles. The maximum absolute atomic E-state index is 12.4. The second-order valence-corrected chi connectivity index (χ2v) is 12.0. The Morgan fingerprint density at radius 3 is 2.48 bits per heavy atom. The molecule has 0 spiro atoms. The Bertz CT molecular complexity index is 1470. The molecule has 7 N–H and O–H groups in total. The van der Waals surface area contributed by atoms with Crippen LogP contribution in [-0.2, 0) is 27.5 Å². The topological polar surface area (TPSA) is 265 Å². The lowest BCUT2D eigenvalue weighted by Crippen LogP contribution is -2.33. The predicted molar refractivity (Wildman–Crippen MR) is 134 cm³/mol. The van der Waals surface area contributed by atoms with Crippen molar-refractivity contribution in [1.29, 1.82) is 0 Å². The number of amides is 2. The summed E-state index contributed by atoms with van der Waals surface area (Å²) in [5.74, 6) is -1.40. The highest BCUT2D eigenvalue weighted by molar-refractivity contribution is 7.64. The van der Waals surface area contributed by atoms with Crippen LogP contribution in [0.3, 0.4) is 0 Å². The van der Waals surface area contributed by atoms with Gasteiger partial charge in [-0.25, -0.2) is 28.6 Å². The van der Waals surface area contributed by atoms with Crippen LogP contribution in [0.1, 0.15) is 12.6 Å². The van der Waals surface area contributed by atoms with Gasteiger partial charge in [-0.3, -0.25) is 23.8 Å². The molecular weight excluding hydrogens is 578 g/mol. The minimum atomic E-state index is -5.20. The minimum absolute atomic E-state index is 0.0276. The first-order chi connectivity index (χ1) is 18.8. The number of aliphatic hydroxyl groups is 2. The largest absolute Gasteiger partial charge is 0.481 e. The zero-order valence-electron chi connectivity index (χ0n) is 20.2. The summed E-state index contributed by atoms with van der Waals surface area (Å²) in [4.78, 5) is 54.6. The number of nitrogens with zero attached hydrogens (tertiary/aromatic N) is 4. The van der Waals surface area contributed by atoms with Gasteiger partial charge in [-0.2, -0.15) is 0 Å². The van der Waals surface area contributed by atoms with E-state index < -0.39 is 71.1 Å². The summed E-state index contributed by atoms with van der Waals surface area (Å²) in [6, 6.07) is 8.00. The number of urea groups is 1. The Hall–Kier alpha value is -3.31. The fourth-order valence-corrected chi connectivity index (χ4v) is 6.26. The van der Waals surface area contributed by atoms with Crippen molar-refractivity contribution in [2.24, 2.45) is 0 Å². The van der Waals surface area contributed by atoms with E-state index in [0.717, 1.165) is 6.33 Å². The molecule has 1 fully saturated rings. The van der Waals surface area contributed by atoms with Crippen molar-refractivity contribution < 1.29 is 57.4 Å². The minimum Gasteiger partial charge on any atom is -0.481 e. The number of rotatable bonds is 11. The monoisotopic (exact) mass is 602 g/mol. The molecule has 1 aromatic carbocycles. The average Bonchev–Trinajstić information content (AvgIpc) is 3.43. The number of anilines is 2. The van der Waals surface area contributed by atoms with Gasteiger partial charge >= 0.3 is 27.4 Å². The van der Waals surface area contributed by atoms with E-state index in [1.165, 1.54) is 10.9 Å². The van der Waals surface area contributed by atoms with Crippen LogP contribution in [-0.4, -0.2) is 87.7 Å². The normalized spacial score (nSPS) is 23.8. The van der Waals surface area contributed by atoms with Gasteiger partial charge in [-0.1, -0.05) is 18.2 Å². The smallest absolute Gasteiger partial charge is 0.479 e. The average molecular weight is 602 g/mol. The second kappa shape index (κ2) is 12.1. The molecule has 3 unspecified atom stereocenters. The number of carbonyl (C=O) groups excluding carboxylic acids is 1. The number of phosphoric acid groups is 1. The van der Waals surface area contributed by atoms with E-state index in [9.17, 15) is 38.7 Å². The number of hydrogen-bond donors (Lipinski definition) is 7. The lowest BCUT2D eigenvalue weighted by atomic mass is 10.1. The highest BCUT2D eigenvalue weighted by atomic mass is 31.3. The highest BCUT2D eigenvalue weighted by Crippen LogP contribution is 2.60. The molecule has 0 radical (unpaired) electrons. The first kappa shape index (κ1) is 29.7. The van der Waals surface area contributed by atoms with Gasteiger partial charge in [-0.05, 0) is 12.1 Å². The molecule has 1 saturated heterocycles. The van der Waals surface area contributed by atoms with Crippen molar-refractivity contribution in [3.63, 3.8) is 0 Å². The van der Waals surface area contributed by atoms with Crippen molar-refractivity contribution in [3.8, 4) is 0 Å². The van der Waals surface area contributed by atoms with Crippen LogP contribution in [0, 0.1) is 0 Å². The number of aliphatic hydroxyl groups excluding tert-OH is 2. The Morgan fingerprint density at radius 1 is 1.05 bits per heavy atom. The molecular formula is C20H24N6O12P2. The molecule has 1 aliphatic rings. The van der Waals surface area contributed by atoms with Crippen molar-refractivity contribution >= 4 is 50.1 Å². The second-order valence-electron chi connectivity index (χ2n) is 8.39. The molecule has 20 heteroatoms. The number of carbonyl (C=O) groups is 2. The Kier molecular flexibility index (Phi) is 8.94. The summed E-state index contributed by atoms with van der Waals surface area (Å²) in [6.07, 6.45) is -5.45. The number of aliphatic carboxylic acids is 1. The number of carboxylic acid groups (broad SMARTS) is 1. The van der Waals surface area contributed by atoms with Crippen LogP contribution in [0.15, 0.2) is 43.0 Å². The van der Waals surface area contributed by atoms with Gasteiger partial charge in [0, 0.05) is 5.69 Å². The predicted octanol–water partition coefficient (Wildman–Crippen LogP) is 0.883. The quantitative estimate of drug-likeness (QED) is 0.150. The van der Waals surface area contributed by atoms with E-state index in [0.29, 0.717) is 5.69 Å². The number of carboxylic acids is 1. The van der Waals surface area contributed by atoms with Gasteiger partial charge in [0.15, 0.2) is 23.2 Å². The van der Waals surface area contributed by atoms with Crippen molar-refractivity contribution in [2.75, 3.05) is 23.4 Å². The third kappa shape index (κ3) is 7.25. The SMILES string of the molecule is O=C(O)CCP(=O)(O)OP(=O)(O)OC[C@H]1O[C@@H](n2cnc3c(NC(=O)Nc4ccccc4)ncnc32)[C@@H](O)C1O. The van der Waals surface area contributed by atoms with E-state index in [2.05, 4.69) is 34.4 Å². The van der Waals surface area contributed by atoms with E-state index in [-0.39, 0.29) is 17.0 Å². The van der Waals surface area contributed by atoms with Gasteiger partial charge in [0.05, 0.1) is 25.5 Å². The molecule has 0 aliphatic carbocycles. The molecule has 0 bridgehead atoms. The van der Waals surface area contributed by atoms with Crippen molar-refractivity contribution in [3.05, 3.63) is 43.0 Å². The Labute approximate surface area is 224 Å². The van der Waals surface area contributed by atoms with E-state index >= 15 is 0 Å². The standard InChI is InChI=1S/C20H24N6O12P2/c27-13(28)6-7-39(32,33)38-40(34,35)36-8-12-15(29)16(30)19(37-12)26-10-23-14-17(21-9-22-18(14)26)25-20(31)24-11-4-2-1-3-5-11/h1-5,9-10,12,15-16,19,29-30H,6-8H2,(H,27,28)(H,32,33)(H,34,35)(H2,21,22,24,25,31)/t12-,15?,16+,19-/m1/s1. The first-order valence-corrected chi connectivity index (χ1v) is 14.7. The molecule has 18 nitrogen and oxygen atoms in total. The Balaban J connectivity index is 1.42. The number of nitrogens with one attached hydrogen (secondary N) is 2. The summed E-state index contributed by atoms with van der Waals surface area (Å²) >= 11 is 0. The summed E-state index contributed by atoms with van der Waals surface area (Å²) in [7, 11) is -10.0. The number of aromatic nitrogens is 4. The van der Waals surface area contributed by atoms with E-state index in [1.807, 2.05) is 0 Å². The third-order valence-electron chi connectivity index (χ3n) is 5.47. The van der Waals surface area contributed by atoms with Crippen LogP contribution < -0.4 is 10.6 Å². The van der Waals surface area contributed by atoms with E-state index in [1.54, 1.807) is 30.3 Å².